The van der Waals surface area contributed by atoms with Crippen molar-refractivity contribution in [1.82, 2.24) is 19.8 Å². The molecule has 0 saturated carbocycles. The summed E-state index contributed by atoms with van der Waals surface area (Å²) in [7, 11) is 3.50. The van der Waals surface area contributed by atoms with Crippen LogP contribution in [0.4, 0.5) is 0 Å². The smallest absolute Gasteiger partial charge is 0.271 e. The summed E-state index contributed by atoms with van der Waals surface area (Å²) in [4.78, 5) is 23.7. The van der Waals surface area contributed by atoms with Gasteiger partial charge in [-0.25, -0.2) is 4.98 Å². The molecular weight excluding hydrogens is 360 g/mol. The molecule has 3 aromatic rings. The summed E-state index contributed by atoms with van der Waals surface area (Å²) in [6.07, 6.45) is 3.76. The number of carbonyl (C=O) groups excluding carboxylic acids is 1. The van der Waals surface area contributed by atoms with Gasteiger partial charge in [0.05, 0.1) is 12.7 Å². The summed E-state index contributed by atoms with van der Waals surface area (Å²) in [6.45, 7) is 2.71. The Hall–Kier alpha value is -2.92. The van der Waals surface area contributed by atoms with E-state index in [0.717, 1.165) is 38.3 Å². The summed E-state index contributed by atoms with van der Waals surface area (Å²) in [5.41, 5.74) is 3.38. The Labute approximate surface area is 172 Å². The molecule has 0 unspecified atom stereocenters. The number of aromatic amines is 1. The van der Waals surface area contributed by atoms with Crippen LogP contribution in [0.25, 0.3) is 0 Å². The number of aromatic nitrogens is 2. The minimum absolute atomic E-state index is 0.0467. The van der Waals surface area contributed by atoms with Crippen molar-refractivity contribution >= 4 is 5.91 Å². The van der Waals surface area contributed by atoms with Crippen LogP contribution in [0.3, 0.4) is 0 Å². The zero-order valence-electron chi connectivity index (χ0n) is 17.1. The second kappa shape index (κ2) is 8.21. The Balaban J connectivity index is 1.50. The van der Waals surface area contributed by atoms with Gasteiger partial charge >= 0.3 is 0 Å². The van der Waals surface area contributed by atoms with E-state index >= 15 is 0 Å². The van der Waals surface area contributed by atoms with E-state index in [4.69, 9.17) is 0 Å². The maximum atomic E-state index is 12.1. The lowest BCUT2D eigenvalue weighted by Gasteiger charge is -2.42. The molecule has 4 rings (SSSR count). The molecule has 29 heavy (non-hydrogen) atoms. The van der Waals surface area contributed by atoms with Crippen molar-refractivity contribution < 1.29 is 4.79 Å². The van der Waals surface area contributed by atoms with E-state index < -0.39 is 0 Å². The molecule has 0 radical (unpaired) electrons. The normalized spacial score (nSPS) is 16.5. The monoisotopic (exact) mass is 388 g/mol. The van der Waals surface area contributed by atoms with Gasteiger partial charge in [-0.15, -0.1) is 0 Å². The fraction of sp³-hybridized carbons (Fsp3) is 0.333. The van der Waals surface area contributed by atoms with Crippen molar-refractivity contribution in [3.63, 3.8) is 0 Å². The Kier molecular flexibility index (Phi) is 5.49. The van der Waals surface area contributed by atoms with Crippen molar-refractivity contribution in [2.45, 2.75) is 24.8 Å². The quantitative estimate of drug-likeness (QED) is 0.725. The fourth-order valence-corrected chi connectivity index (χ4v) is 4.36. The SMILES string of the molecule is CN(C)C(=O)c1cnc(CN2CCC(c3ccccc3)(c3ccccc3)CC2)[nH]1. The van der Waals surface area contributed by atoms with Gasteiger partial charge in [0.15, 0.2) is 0 Å². The number of hydrogen-bond acceptors (Lipinski definition) is 3. The van der Waals surface area contributed by atoms with Gasteiger partial charge < -0.3 is 9.88 Å². The highest BCUT2D eigenvalue weighted by molar-refractivity contribution is 5.91. The van der Waals surface area contributed by atoms with E-state index in [2.05, 4.69) is 75.5 Å². The Morgan fingerprint density at radius 3 is 2.07 bits per heavy atom. The molecule has 5 heteroatoms. The Morgan fingerprint density at radius 2 is 1.55 bits per heavy atom. The van der Waals surface area contributed by atoms with Crippen molar-refractivity contribution in [3.8, 4) is 0 Å². The van der Waals surface area contributed by atoms with Crippen LogP contribution in [0.2, 0.25) is 0 Å². The first-order chi connectivity index (χ1) is 14.1. The predicted octanol–water partition coefficient (Wildman–Crippen LogP) is 3.69. The van der Waals surface area contributed by atoms with Crippen LogP contribution < -0.4 is 0 Å². The Bertz CT molecular complexity index is 900. The van der Waals surface area contributed by atoms with E-state index in [9.17, 15) is 4.79 Å². The molecule has 0 aliphatic carbocycles. The van der Waals surface area contributed by atoms with Crippen LogP contribution in [-0.2, 0) is 12.0 Å². The number of likely N-dealkylation sites (tertiary alicyclic amines) is 1. The first-order valence-corrected chi connectivity index (χ1v) is 10.2. The van der Waals surface area contributed by atoms with Crippen LogP contribution in [0.15, 0.2) is 66.9 Å². The highest BCUT2D eigenvalue weighted by Gasteiger charge is 2.37. The van der Waals surface area contributed by atoms with Crippen molar-refractivity contribution in [3.05, 3.63) is 89.5 Å². The average molecular weight is 389 g/mol. The largest absolute Gasteiger partial charge is 0.343 e. The van der Waals surface area contributed by atoms with Crippen LogP contribution >= 0.6 is 0 Å². The number of amides is 1. The predicted molar refractivity (Wildman–Crippen MR) is 115 cm³/mol. The lowest BCUT2D eigenvalue weighted by molar-refractivity contribution is 0.0822. The number of rotatable bonds is 5. The van der Waals surface area contributed by atoms with Gasteiger partial charge in [0.1, 0.15) is 11.5 Å². The number of hydrogen-bond donors (Lipinski definition) is 1. The lowest BCUT2D eigenvalue weighted by atomic mass is 9.68. The fourth-order valence-electron chi connectivity index (χ4n) is 4.36. The highest BCUT2D eigenvalue weighted by Crippen LogP contribution is 2.41. The first-order valence-electron chi connectivity index (χ1n) is 10.2. The van der Waals surface area contributed by atoms with Crippen LogP contribution in [0.1, 0.15) is 40.3 Å². The molecular formula is C24H28N4O. The molecule has 2 aromatic carbocycles. The van der Waals surface area contributed by atoms with Gasteiger partial charge in [0.2, 0.25) is 0 Å². The number of piperidine rings is 1. The maximum Gasteiger partial charge on any atom is 0.271 e. The second-order valence-corrected chi connectivity index (χ2v) is 8.03. The van der Waals surface area contributed by atoms with Crippen molar-refractivity contribution in [2.24, 2.45) is 0 Å². The third-order valence-corrected chi connectivity index (χ3v) is 6.00. The van der Waals surface area contributed by atoms with E-state index in [1.165, 1.54) is 11.1 Å². The summed E-state index contributed by atoms with van der Waals surface area (Å²) in [6, 6.07) is 21.8. The number of carbonyl (C=O) groups is 1. The highest BCUT2D eigenvalue weighted by atomic mass is 16.2. The van der Waals surface area contributed by atoms with Gasteiger partial charge in [0.25, 0.3) is 5.91 Å². The number of H-pyrrole nitrogens is 1. The molecule has 1 amide bonds. The zero-order chi connectivity index (χ0) is 20.3. The van der Waals surface area contributed by atoms with Gasteiger partial charge in [0, 0.05) is 19.5 Å². The van der Waals surface area contributed by atoms with E-state index in [0.29, 0.717) is 5.69 Å². The van der Waals surface area contributed by atoms with Crippen molar-refractivity contribution in [2.75, 3.05) is 27.2 Å². The van der Waals surface area contributed by atoms with Gasteiger partial charge in [-0.3, -0.25) is 9.69 Å². The van der Waals surface area contributed by atoms with Gasteiger partial charge in [-0.05, 0) is 37.1 Å². The van der Waals surface area contributed by atoms with E-state index in [1.54, 1.807) is 25.2 Å². The first kappa shape index (κ1) is 19.4. The molecule has 1 aromatic heterocycles. The summed E-state index contributed by atoms with van der Waals surface area (Å²) in [5.74, 6) is 0.802. The number of nitrogens with zero attached hydrogens (tertiary/aromatic N) is 3. The lowest BCUT2D eigenvalue weighted by Crippen LogP contribution is -2.43. The molecule has 1 aliphatic heterocycles. The molecule has 5 nitrogen and oxygen atoms in total. The maximum absolute atomic E-state index is 12.1. The molecule has 1 aliphatic rings. The second-order valence-electron chi connectivity index (χ2n) is 8.03. The number of imidazole rings is 1. The third-order valence-electron chi connectivity index (χ3n) is 6.00. The average Bonchev–Trinajstić information content (AvgIpc) is 3.23. The molecule has 2 heterocycles. The zero-order valence-corrected chi connectivity index (χ0v) is 17.1. The van der Waals surface area contributed by atoms with Gasteiger partial charge in [-0.2, -0.15) is 0 Å². The van der Waals surface area contributed by atoms with Crippen LogP contribution in [-0.4, -0.2) is 52.9 Å². The summed E-state index contributed by atoms with van der Waals surface area (Å²) < 4.78 is 0. The van der Waals surface area contributed by atoms with Crippen molar-refractivity contribution in [1.29, 1.82) is 0 Å². The molecule has 1 saturated heterocycles. The van der Waals surface area contributed by atoms with E-state index in [-0.39, 0.29) is 11.3 Å². The molecule has 1 fully saturated rings. The minimum Gasteiger partial charge on any atom is -0.343 e. The standard InChI is InChI=1S/C24H28N4O/c1-27(2)23(29)21-17-25-22(26-21)18-28-15-13-24(14-16-28,19-9-5-3-6-10-19)20-11-7-4-8-12-20/h3-12,17H,13-16,18H2,1-2H3,(H,25,26). The number of nitrogens with one attached hydrogen (secondary N) is 1. The molecule has 0 bridgehead atoms. The number of benzene rings is 2. The molecule has 0 atom stereocenters. The summed E-state index contributed by atoms with van der Waals surface area (Å²) >= 11 is 0. The topological polar surface area (TPSA) is 52.2 Å². The molecule has 0 spiro atoms. The van der Waals surface area contributed by atoms with Gasteiger partial charge in [-0.1, -0.05) is 60.7 Å². The molecule has 150 valence electrons. The van der Waals surface area contributed by atoms with E-state index in [1.807, 2.05) is 0 Å². The Morgan fingerprint density at radius 1 is 1.00 bits per heavy atom. The third kappa shape index (κ3) is 3.96. The molecule has 1 N–H and O–H groups in total. The van der Waals surface area contributed by atoms with Crippen LogP contribution in [0.5, 0.6) is 0 Å². The van der Waals surface area contributed by atoms with Crippen LogP contribution in [0, 0.1) is 0 Å². The summed E-state index contributed by atoms with van der Waals surface area (Å²) in [5, 5.41) is 0. The minimum atomic E-state index is -0.0467.